The number of nitriles is 1. The first-order valence-electron chi connectivity index (χ1n) is 17.0. The Balaban J connectivity index is 1.19. The number of likely N-dealkylation sites (tertiary alicyclic amines) is 1. The molecule has 1 fully saturated rings. The normalized spacial score (nSPS) is 15.7. The fraction of sp³-hybridized carbons (Fsp3) is 0.333. The van der Waals surface area contributed by atoms with Crippen molar-refractivity contribution in [3.8, 4) is 28.7 Å². The van der Waals surface area contributed by atoms with Crippen LogP contribution in [0.25, 0.3) is 22.2 Å². The van der Waals surface area contributed by atoms with Crippen molar-refractivity contribution >= 4 is 28.7 Å². The minimum absolute atomic E-state index is 0.0241. The molecule has 270 valence electrons. The number of fused-ring (bicyclic) bond motifs is 1. The number of halogens is 1. The molecule has 6 rings (SSSR count). The van der Waals surface area contributed by atoms with Crippen LogP contribution in [0.1, 0.15) is 47.1 Å². The van der Waals surface area contributed by atoms with Gasteiger partial charge >= 0.3 is 5.97 Å². The van der Waals surface area contributed by atoms with Crippen LogP contribution in [0, 0.1) is 18.3 Å². The number of benzene rings is 3. The summed E-state index contributed by atoms with van der Waals surface area (Å²) < 4.78 is 18.4. The Hall–Kier alpha value is -5.03. The Kier molecular flexibility index (Phi) is 11.4. The Bertz CT molecular complexity index is 2120. The van der Waals surface area contributed by atoms with Gasteiger partial charge in [0.05, 0.1) is 23.3 Å². The molecule has 0 radical (unpaired) electrons. The Morgan fingerprint density at radius 1 is 1.13 bits per heavy atom. The van der Waals surface area contributed by atoms with Crippen LogP contribution in [-0.4, -0.2) is 74.0 Å². The molecule has 0 bridgehead atoms. The molecule has 1 aliphatic heterocycles. The number of nitrogens with zero attached hydrogens (tertiary/aromatic N) is 4. The number of oxazole rings is 1. The van der Waals surface area contributed by atoms with Crippen molar-refractivity contribution in [2.75, 3.05) is 26.2 Å². The van der Waals surface area contributed by atoms with Gasteiger partial charge in [0.1, 0.15) is 41.8 Å². The summed E-state index contributed by atoms with van der Waals surface area (Å²) in [7, 11) is 0. The van der Waals surface area contributed by atoms with Crippen molar-refractivity contribution in [2.24, 2.45) is 0 Å². The van der Waals surface area contributed by atoms with E-state index in [4.69, 9.17) is 30.5 Å². The number of aromatic nitrogens is 2. The number of nitrogens with one attached hydrogen (secondary N) is 1. The summed E-state index contributed by atoms with van der Waals surface area (Å²) in [4.78, 5) is 22.9. The van der Waals surface area contributed by atoms with E-state index in [1.54, 1.807) is 24.4 Å². The smallest absolute Gasteiger partial charge is 0.326 e. The maximum absolute atomic E-state index is 11.8. The van der Waals surface area contributed by atoms with Crippen LogP contribution in [-0.2, 0) is 31.0 Å². The zero-order chi connectivity index (χ0) is 36.8. The molecule has 2 atom stereocenters. The van der Waals surface area contributed by atoms with E-state index in [1.165, 1.54) is 13.1 Å². The van der Waals surface area contributed by atoms with Gasteiger partial charge in [0.25, 0.3) is 0 Å². The van der Waals surface area contributed by atoms with Crippen LogP contribution in [0.3, 0.4) is 0 Å². The lowest BCUT2D eigenvalue weighted by molar-refractivity contribution is -0.145. The van der Waals surface area contributed by atoms with E-state index in [2.05, 4.69) is 21.3 Å². The first-order chi connectivity index (χ1) is 25.0. The molecule has 4 N–H and O–H groups in total. The Morgan fingerprint density at radius 3 is 2.71 bits per heavy atom. The highest BCUT2D eigenvalue weighted by atomic mass is 35.5. The summed E-state index contributed by atoms with van der Waals surface area (Å²) in [6, 6.07) is 19.0. The van der Waals surface area contributed by atoms with E-state index in [-0.39, 0.29) is 25.9 Å². The number of hydrogen-bond acceptors (Lipinski definition) is 11. The quantitative estimate of drug-likeness (QED) is 0.108. The minimum atomic E-state index is -1.59. The zero-order valence-electron chi connectivity index (χ0n) is 28.9. The van der Waals surface area contributed by atoms with Gasteiger partial charge in [0.15, 0.2) is 11.5 Å². The van der Waals surface area contributed by atoms with Gasteiger partial charge < -0.3 is 34.1 Å². The van der Waals surface area contributed by atoms with Gasteiger partial charge in [-0.05, 0) is 66.8 Å². The average molecular weight is 726 g/mol. The predicted octanol–water partition coefficient (Wildman–Crippen LogP) is 5.42. The van der Waals surface area contributed by atoms with E-state index in [9.17, 15) is 25.4 Å². The van der Waals surface area contributed by atoms with Crippen LogP contribution in [0.4, 0.5) is 0 Å². The maximum atomic E-state index is 11.8. The van der Waals surface area contributed by atoms with E-state index in [0.29, 0.717) is 52.1 Å². The fourth-order valence-corrected chi connectivity index (χ4v) is 6.30. The third-order valence-electron chi connectivity index (χ3n) is 9.35. The van der Waals surface area contributed by atoms with Crippen LogP contribution in [0.15, 0.2) is 71.4 Å². The summed E-state index contributed by atoms with van der Waals surface area (Å²) in [5.74, 6) is 0.202. The lowest BCUT2D eigenvalue weighted by atomic mass is 9.96. The predicted molar refractivity (Wildman–Crippen MR) is 194 cm³/mol. The minimum Gasteiger partial charge on any atom is -0.488 e. The van der Waals surface area contributed by atoms with Gasteiger partial charge in [-0.2, -0.15) is 5.26 Å². The molecule has 0 spiro atoms. The molecule has 13 heteroatoms. The number of carboxylic acids is 1. The molecule has 3 aromatic carbocycles. The highest BCUT2D eigenvalue weighted by Crippen LogP contribution is 2.35. The van der Waals surface area contributed by atoms with Crippen molar-refractivity contribution in [3.05, 3.63) is 106 Å². The second-order valence-electron chi connectivity index (χ2n) is 13.2. The second kappa shape index (κ2) is 16.1. The number of rotatable bonds is 15. The number of aliphatic carboxylic acids is 1. The summed E-state index contributed by atoms with van der Waals surface area (Å²) in [6.07, 6.45) is 4.27. The lowest BCUT2D eigenvalue weighted by Crippen LogP contribution is -2.52. The number of aliphatic hydroxyl groups excluding tert-OH is 2. The molecule has 0 amide bonds. The first-order valence-corrected chi connectivity index (χ1v) is 17.3. The van der Waals surface area contributed by atoms with Crippen LogP contribution in [0.2, 0.25) is 5.02 Å². The Morgan fingerprint density at radius 2 is 1.96 bits per heavy atom. The molecule has 2 aromatic heterocycles. The van der Waals surface area contributed by atoms with Crippen molar-refractivity contribution in [3.63, 3.8) is 0 Å². The molecule has 12 nitrogen and oxygen atoms in total. The maximum Gasteiger partial charge on any atom is 0.326 e. The van der Waals surface area contributed by atoms with E-state index < -0.39 is 18.1 Å². The van der Waals surface area contributed by atoms with Gasteiger partial charge in [0, 0.05) is 62.2 Å². The van der Waals surface area contributed by atoms with E-state index in [1.807, 2.05) is 43.3 Å². The first kappa shape index (κ1) is 36.8. The average Bonchev–Trinajstić information content (AvgIpc) is 3.77. The molecule has 1 aliphatic rings. The van der Waals surface area contributed by atoms with Crippen LogP contribution >= 0.6 is 11.6 Å². The molecule has 0 aliphatic carbocycles. The molecule has 0 saturated carbocycles. The van der Waals surface area contributed by atoms with Gasteiger partial charge in [-0.3, -0.25) is 15.1 Å². The molecular formula is C39H40ClN5O7. The van der Waals surface area contributed by atoms with Crippen LogP contribution < -0.4 is 14.8 Å². The summed E-state index contributed by atoms with van der Waals surface area (Å²) in [5, 5.41) is 41.6. The highest BCUT2D eigenvalue weighted by Gasteiger charge is 2.32. The number of carboxylic acid groups (broad SMARTS) is 1. The largest absolute Gasteiger partial charge is 0.488 e. The highest BCUT2D eigenvalue weighted by molar-refractivity contribution is 6.32. The van der Waals surface area contributed by atoms with E-state index in [0.717, 1.165) is 52.9 Å². The summed E-state index contributed by atoms with van der Waals surface area (Å²) in [6.45, 7) is 5.45. The SMILES string of the molecule is Cc1c(COc2cc(OCc3cncc(C#N)c3)c(CNC(C)(CO)C(=O)O)cc2Cl)cccc1-c1ccc2oc(CCN3CCC(O)C3)nc2c1. The third kappa shape index (κ3) is 8.53. The van der Waals surface area contributed by atoms with Gasteiger partial charge in [-0.15, -0.1) is 0 Å². The topological polar surface area (TPSA) is 174 Å². The summed E-state index contributed by atoms with van der Waals surface area (Å²) >= 11 is 6.71. The number of carbonyl (C=O) groups is 1. The van der Waals surface area contributed by atoms with Crippen molar-refractivity contribution in [1.29, 1.82) is 5.26 Å². The zero-order valence-corrected chi connectivity index (χ0v) is 29.7. The number of aliphatic hydroxyl groups is 2. The molecule has 1 saturated heterocycles. The molecular weight excluding hydrogens is 686 g/mol. The summed E-state index contributed by atoms with van der Waals surface area (Å²) in [5.41, 5.74) is 5.48. The van der Waals surface area contributed by atoms with E-state index >= 15 is 0 Å². The van der Waals surface area contributed by atoms with Gasteiger partial charge in [-0.25, -0.2) is 4.98 Å². The molecule has 52 heavy (non-hydrogen) atoms. The van der Waals surface area contributed by atoms with Crippen LogP contribution in [0.5, 0.6) is 11.5 Å². The molecule has 5 aromatic rings. The van der Waals surface area contributed by atoms with Gasteiger partial charge in [0.2, 0.25) is 0 Å². The van der Waals surface area contributed by atoms with Gasteiger partial charge in [-0.1, -0.05) is 35.9 Å². The van der Waals surface area contributed by atoms with Crippen molar-refractivity contribution in [1.82, 2.24) is 20.2 Å². The standard InChI is InChI=1S/C39H40ClN5O7/c1-24-28(4-3-5-31(24)27-6-7-34-33(14-27)44-37(52-34)9-11-45-10-8-30(47)20-45)22-51-36-15-35(50-21-26-12-25(16-41)17-42-18-26)29(13-32(36)40)19-43-39(2,23-46)38(48)49/h3-7,12-15,17-18,30,43,46-47H,8-11,19-23H2,1-2H3,(H,48,49). The Labute approximate surface area is 306 Å². The number of pyridine rings is 1. The number of hydrogen-bond donors (Lipinski definition) is 4. The number of β-amino-alcohol motifs (C(OH)–C–C–N with tert-alkyl or cyclic N) is 1. The van der Waals surface area contributed by atoms with Crippen molar-refractivity contribution in [2.45, 2.75) is 58.1 Å². The monoisotopic (exact) mass is 725 g/mol. The van der Waals surface area contributed by atoms with Crippen molar-refractivity contribution < 1.29 is 34.0 Å². The number of ether oxygens (including phenoxy) is 2. The molecule has 3 heterocycles. The lowest BCUT2D eigenvalue weighted by Gasteiger charge is -2.25. The fourth-order valence-electron chi connectivity index (χ4n) is 6.06. The molecule has 2 unspecified atom stereocenters. The third-order valence-corrected chi connectivity index (χ3v) is 9.65. The second-order valence-corrected chi connectivity index (χ2v) is 13.6.